The van der Waals surface area contributed by atoms with Gasteiger partial charge in [0.15, 0.2) is 17.2 Å². The largest absolute Gasteiger partial charge is 0.487 e. The number of ether oxygens (including phenoxy) is 3. The first kappa shape index (κ1) is 20.3. The average molecular weight is 399 g/mol. The average Bonchev–Trinajstić information content (AvgIpc) is 2.60. The Morgan fingerprint density at radius 3 is 2.62 bits per heavy atom. The Morgan fingerprint density at radius 2 is 1.77 bits per heavy atom. The van der Waals surface area contributed by atoms with Crippen molar-refractivity contribution in [2.45, 2.75) is 0 Å². The third-order valence-corrected chi connectivity index (χ3v) is 3.71. The number of carbonyl (C=O) groups excluding carboxylic acids is 1. The molecule has 0 saturated carbocycles. The smallest absolute Gasteiger partial charge is 0.238 e. The van der Waals surface area contributed by atoms with Crippen molar-refractivity contribution < 1.29 is 19.0 Å². The van der Waals surface area contributed by atoms with Gasteiger partial charge >= 0.3 is 0 Å². The van der Waals surface area contributed by atoms with Crippen LogP contribution in [-0.4, -0.2) is 38.8 Å². The normalized spacial score (nSPS) is 15.5. The van der Waals surface area contributed by atoms with Gasteiger partial charge < -0.3 is 24.8 Å². The Bertz CT molecular complexity index is 743. The van der Waals surface area contributed by atoms with Crippen molar-refractivity contribution in [1.29, 1.82) is 0 Å². The van der Waals surface area contributed by atoms with Gasteiger partial charge in [-0.15, -0.1) is 12.4 Å². The number of rotatable bonds is 0. The summed E-state index contributed by atoms with van der Waals surface area (Å²) in [5, 5.41) is 6.33. The highest BCUT2D eigenvalue weighted by molar-refractivity contribution is 6.31. The second-order valence-corrected chi connectivity index (χ2v) is 5.81. The first-order chi connectivity index (χ1) is 12.2. The lowest BCUT2D eigenvalue weighted by Gasteiger charge is -2.15. The fourth-order valence-corrected chi connectivity index (χ4v) is 2.49. The molecule has 3 rings (SSSR count). The van der Waals surface area contributed by atoms with E-state index in [0.717, 1.165) is 0 Å². The summed E-state index contributed by atoms with van der Waals surface area (Å²) < 4.78 is 17.2. The van der Waals surface area contributed by atoms with E-state index < -0.39 is 0 Å². The summed E-state index contributed by atoms with van der Waals surface area (Å²) in [6.07, 6.45) is 0. The van der Waals surface area contributed by atoms with E-state index in [4.69, 9.17) is 25.8 Å². The molecule has 26 heavy (non-hydrogen) atoms. The zero-order valence-electron chi connectivity index (χ0n) is 14.0. The quantitative estimate of drug-likeness (QED) is 0.710. The van der Waals surface area contributed by atoms with E-state index in [1.54, 1.807) is 24.3 Å². The maximum atomic E-state index is 12.1. The molecule has 140 valence electrons. The predicted octanol–water partition coefficient (Wildman–Crippen LogP) is 3.49. The molecule has 2 N–H and O–H groups in total. The minimum absolute atomic E-state index is 0. The van der Waals surface area contributed by atoms with Gasteiger partial charge in [0.1, 0.15) is 6.61 Å². The summed E-state index contributed by atoms with van der Waals surface area (Å²) in [5.41, 5.74) is 0.500. The molecule has 0 bridgehead atoms. The third-order valence-electron chi connectivity index (χ3n) is 3.48. The topological polar surface area (TPSA) is 68.8 Å². The number of hydrogen-bond acceptors (Lipinski definition) is 5. The summed E-state index contributed by atoms with van der Waals surface area (Å²) in [4.78, 5) is 12.1. The molecule has 1 heterocycles. The van der Waals surface area contributed by atoms with Gasteiger partial charge in [-0.2, -0.15) is 0 Å². The summed E-state index contributed by atoms with van der Waals surface area (Å²) >= 11 is 6.06. The van der Waals surface area contributed by atoms with Crippen LogP contribution >= 0.6 is 24.0 Å². The van der Waals surface area contributed by atoms with E-state index in [2.05, 4.69) is 10.6 Å². The molecule has 0 unspecified atom stereocenters. The van der Waals surface area contributed by atoms with E-state index >= 15 is 0 Å². The molecule has 1 aliphatic heterocycles. The number of benzene rings is 2. The van der Waals surface area contributed by atoms with Crippen molar-refractivity contribution in [3.05, 3.63) is 47.5 Å². The van der Waals surface area contributed by atoms with Gasteiger partial charge in [0.05, 0.1) is 25.4 Å². The summed E-state index contributed by atoms with van der Waals surface area (Å²) in [5.74, 6) is 1.45. The Kier molecular flexibility index (Phi) is 8.00. The Morgan fingerprint density at radius 1 is 0.962 bits per heavy atom. The highest BCUT2D eigenvalue weighted by atomic mass is 35.5. The van der Waals surface area contributed by atoms with Crippen LogP contribution < -0.4 is 20.1 Å². The zero-order chi connectivity index (χ0) is 17.5. The molecular weight excluding hydrogens is 379 g/mol. The van der Waals surface area contributed by atoms with Crippen molar-refractivity contribution in [2.24, 2.45) is 0 Å². The minimum Gasteiger partial charge on any atom is -0.487 e. The molecule has 8 heteroatoms. The fourth-order valence-electron chi connectivity index (χ4n) is 2.31. The SMILES string of the molecule is Cl.O=C1CNCCOCCOc2ccccc2Oc2ccc(Cl)cc2N1. The van der Waals surface area contributed by atoms with Gasteiger partial charge in [-0.1, -0.05) is 23.7 Å². The van der Waals surface area contributed by atoms with Gasteiger partial charge in [0.25, 0.3) is 0 Å². The lowest BCUT2D eigenvalue weighted by molar-refractivity contribution is -0.115. The predicted molar refractivity (Wildman–Crippen MR) is 103 cm³/mol. The number of nitrogens with one attached hydrogen (secondary N) is 2. The van der Waals surface area contributed by atoms with Crippen molar-refractivity contribution in [3.8, 4) is 17.2 Å². The van der Waals surface area contributed by atoms with E-state index in [1.165, 1.54) is 0 Å². The second kappa shape index (κ2) is 10.2. The molecule has 0 fully saturated rings. The van der Waals surface area contributed by atoms with Gasteiger partial charge in [0, 0.05) is 11.6 Å². The highest BCUT2D eigenvalue weighted by Crippen LogP contribution is 2.36. The molecule has 2 aromatic rings. The molecule has 0 saturated heterocycles. The molecule has 1 aliphatic rings. The third kappa shape index (κ3) is 5.78. The lowest BCUT2D eigenvalue weighted by atomic mass is 10.2. The maximum absolute atomic E-state index is 12.1. The molecule has 0 aliphatic carbocycles. The molecule has 2 aromatic carbocycles. The van der Waals surface area contributed by atoms with Crippen LogP contribution in [0.1, 0.15) is 0 Å². The number of para-hydroxylation sites is 2. The Labute approximate surface area is 163 Å². The number of hydrogen-bond donors (Lipinski definition) is 2. The van der Waals surface area contributed by atoms with Crippen LogP contribution in [-0.2, 0) is 9.53 Å². The minimum atomic E-state index is -0.188. The van der Waals surface area contributed by atoms with Crippen molar-refractivity contribution in [1.82, 2.24) is 5.32 Å². The van der Waals surface area contributed by atoms with Crippen LogP contribution in [0.2, 0.25) is 5.02 Å². The van der Waals surface area contributed by atoms with Gasteiger partial charge in [-0.05, 0) is 30.3 Å². The van der Waals surface area contributed by atoms with Crippen LogP contribution in [0.15, 0.2) is 42.5 Å². The molecule has 0 radical (unpaired) electrons. The number of fused-ring (bicyclic) bond motifs is 2. The van der Waals surface area contributed by atoms with Crippen molar-refractivity contribution >= 4 is 35.6 Å². The first-order valence-corrected chi connectivity index (χ1v) is 8.38. The van der Waals surface area contributed by atoms with E-state index in [-0.39, 0.29) is 24.9 Å². The highest BCUT2D eigenvalue weighted by Gasteiger charge is 2.13. The number of amides is 1. The number of anilines is 1. The lowest BCUT2D eigenvalue weighted by Crippen LogP contribution is -2.30. The Hall–Kier alpha value is -1.99. The fraction of sp³-hybridized carbons (Fsp3) is 0.278. The summed E-state index contributed by atoms with van der Waals surface area (Å²) in [6, 6.07) is 12.4. The number of carbonyl (C=O) groups is 1. The van der Waals surface area contributed by atoms with Crippen LogP contribution in [0, 0.1) is 0 Å². The second-order valence-electron chi connectivity index (χ2n) is 5.38. The monoisotopic (exact) mass is 398 g/mol. The summed E-state index contributed by atoms with van der Waals surface area (Å²) in [7, 11) is 0. The van der Waals surface area contributed by atoms with Crippen LogP contribution in [0.5, 0.6) is 17.2 Å². The van der Waals surface area contributed by atoms with Gasteiger partial charge in [0.2, 0.25) is 5.91 Å². The van der Waals surface area contributed by atoms with Crippen molar-refractivity contribution in [3.63, 3.8) is 0 Å². The standard InChI is InChI=1S/C18H19ClN2O4.ClH/c19-13-5-6-15-14(11-13)21-18(22)12-20-7-8-23-9-10-24-16-3-1-2-4-17(16)25-15;/h1-6,11,20H,7-10,12H2,(H,21,22);1H. The van der Waals surface area contributed by atoms with Crippen LogP contribution in [0.3, 0.4) is 0 Å². The maximum Gasteiger partial charge on any atom is 0.238 e. The van der Waals surface area contributed by atoms with E-state index in [1.807, 2.05) is 18.2 Å². The molecule has 1 amide bonds. The van der Waals surface area contributed by atoms with E-state index in [0.29, 0.717) is 54.3 Å². The molecule has 0 aromatic heterocycles. The molecular formula is C18H20Cl2N2O4. The molecule has 6 nitrogen and oxygen atoms in total. The van der Waals surface area contributed by atoms with Crippen LogP contribution in [0.25, 0.3) is 0 Å². The number of halogens is 2. The van der Waals surface area contributed by atoms with Gasteiger partial charge in [-0.25, -0.2) is 0 Å². The summed E-state index contributed by atoms with van der Waals surface area (Å²) in [6.45, 7) is 2.10. The Balaban J connectivity index is 0.00000243. The molecule has 0 atom stereocenters. The van der Waals surface area contributed by atoms with Crippen molar-refractivity contribution in [2.75, 3.05) is 38.2 Å². The van der Waals surface area contributed by atoms with Gasteiger partial charge in [-0.3, -0.25) is 4.79 Å². The van der Waals surface area contributed by atoms with E-state index in [9.17, 15) is 4.79 Å². The zero-order valence-corrected chi connectivity index (χ0v) is 15.6. The van der Waals surface area contributed by atoms with Crippen LogP contribution in [0.4, 0.5) is 5.69 Å². The molecule has 0 spiro atoms. The first-order valence-electron chi connectivity index (χ1n) is 8.00.